The van der Waals surface area contributed by atoms with Crippen molar-refractivity contribution in [1.82, 2.24) is 9.78 Å². The molecule has 1 atom stereocenters. The lowest BCUT2D eigenvalue weighted by Gasteiger charge is -2.14. The highest BCUT2D eigenvalue weighted by atomic mass is 79.9. The van der Waals surface area contributed by atoms with E-state index in [4.69, 9.17) is 22.1 Å². The average molecular weight is 430 g/mol. The van der Waals surface area contributed by atoms with Crippen LogP contribution in [0.4, 0.5) is 0 Å². The Kier molecular flexibility index (Phi) is 5.45. The normalized spacial score (nSPS) is 12.9. The van der Waals surface area contributed by atoms with Gasteiger partial charge < -0.3 is 10.5 Å². The third-order valence-corrected chi connectivity index (χ3v) is 5.33. The van der Waals surface area contributed by atoms with Gasteiger partial charge in [-0.05, 0) is 37.9 Å². The molecule has 2 aromatic heterocycles. The summed E-state index contributed by atoms with van der Waals surface area (Å²) in [5.74, 6) is 0. The lowest BCUT2D eigenvalue weighted by atomic mass is 10.1. The molecule has 1 unspecified atom stereocenters. The Balaban J connectivity index is 2.35. The smallest absolute Gasteiger partial charge is 0.0837 e. The number of thiophene rings is 1. The first kappa shape index (κ1) is 15.5. The van der Waals surface area contributed by atoms with Crippen molar-refractivity contribution in [2.24, 2.45) is 5.73 Å². The number of nitrogens with two attached hydrogens (primary N) is 1. The second kappa shape index (κ2) is 6.69. The van der Waals surface area contributed by atoms with Crippen molar-refractivity contribution in [1.29, 1.82) is 0 Å². The Labute approximate surface area is 137 Å². The number of halogens is 3. The molecule has 0 aromatic carbocycles. The van der Waals surface area contributed by atoms with Crippen LogP contribution in [0.5, 0.6) is 0 Å². The molecule has 0 aliphatic rings. The van der Waals surface area contributed by atoms with Crippen LogP contribution >= 0.6 is 54.8 Å². The molecule has 104 valence electrons. The van der Waals surface area contributed by atoms with Gasteiger partial charge in [0.05, 0.1) is 43.7 Å². The molecule has 19 heavy (non-hydrogen) atoms. The van der Waals surface area contributed by atoms with E-state index in [1.807, 2.05) is 6.07 Å². The predicted octanol–water partition coefficient (Wildman–Crippen LogP) is 3.82. The summed E-state index contributed by atoms with van der Waals surface area (Å²) in [4.78, 5) is 0. The van der Waals surface area contributed by atoms with E-state index in [0.717, 1.165) is 18.8 Å². The van der Waals surface area contributed by atoms with Crippen LogP contribution in [0.2, 0.25) is 5.02 Å². The van der Waals surface area contributed by atoms with Crippen molar-refractivity contribution in [2.45, 2.75) is 12.6 Å². The molecule has 0 aliphatic heterocycles. The summed E-state index contributed by atoms with van der Waals surface area (Å²) >= 11 is 14.7. The van der Waals surface area contributed by atoms with Crippen LogP contribution in [0, 0.1) is 0 Å². The summed E-state index contributed by atoms with van der Waals surface area (Å²) in [7, 11) is 1.65. The molecule has 8 heteroatoms. The van der Waals surface area contributed by atoms with Crippen LogP contribution < -0.4 is 5.73 Å². The number of methoxy groups -OCH3 is 1. The van der Waals surface area contributed by atoms with Gasteiger partial charge in [-0.1, -0.05) is 11.6 Å². The maximum atomic E-state index is 6.32. The second-order valence-electron chi connectivity index (χ2n) is 3.85. The van der Waals surface area contributed by atoms with Crippen LogP contribution in [0.25, 0.3) is 0 Å². The monoisotopic (exact) mass is 427 g/mol. The number of nitrogens with zero attached hydrogens (tertiary/aromatic N) is 2. The van der Waals surface area contributed by atoms with Crippen molar-refractivity contribution in [3.05, 3.63) is 36.1 Å². The highest BCUT2D eigenvalue weighted by Crippen LogP contribution is 2.38. The van der Waals surface area contributed by atoms with E-state index in [-0.39, 0.29) is 6.04 Å². The molecule has 0 aliphatic carbocycles. The zero-order valence-corrected chi connectivity index (χ0v) is 14.8. The zero-order chi connectivity index (χ0) is 14.0. The molecule has 0 saturated heterocycles. The topological polar surface area (TPSA) is 53.1 Å². The minimum Gasteiger partial charge on any atom is -0.383 e. The van der Waals surface area contributed by atoms with Crippen molar-refractivity contribution >= 4 is 54.8 Å². The molecule has 0 spiro atoms. The van der Waals surface area contributed by atoms with Crippen LogP contribution in [0.1, 0.15) is 17.3 Å². The highest BCUT2D eigenvalue weighted by molar-refractivity contribution is 9.12. The lowest BCUT2D eigenvalue weighted by molar-refractivity contribution is 0.182. The summed E-state index contributed by atoms with van der Waals surface area (Å²) in [5.41, 5.74) is 8.10. The van der Waals surface area contributed by atoms with Gasteiger partial charge in [-0.3, -0.25) is 4.68 Å². The van der Waals surface area contributed by atoms with E-state index < -0.39 is 0 Å². The largest absolute Gasteiger partial charge is 0.383 e. The van der Waals surface area contributed by atoms with E-state index in [1.165, 1.54) is 0 Å². The average Bonchev–Trinajstić information content (AvgIpc) is 2.89. The third kappa shape index (κ3) is 3.40. The summed E-state index contributed by atoms with van der Waals surface area (Å²) in [6.45, 7) is 1.18. The molecular formula is C11H12Br2ClN3OS. The molecule has 2 aromatic rings. The van der Waals surface area contributed by atoms with Gasteiger partial charge in [0.15, 0.2) is 0 Å². The molecule has 2 N–H and O–H groups in total. The second-order valence-corrected chi connectivity index (χ2v) is 8.01. The fourth-order valence-electron chi connectivity index (χ4n) is 1.75. The summed E-state index contributed by atoms with van der Waals surface area (Å²) < 4.78 is 8.86. The minimum absolute atomic E-state index is 0.330. The first-order valence-electron chi connectivity index (χ1n) is 5.45. The fraction of sp³-hybridized carbons (Fsp3) is 0.364. The van der Waals surface area contributed by atoms with Gasteiger partial charge in [0.1, 0.15) is 0 Å². The van der Waals surface area contributed by atoms with Gasteiger partial charge >= 0.3 is 0 Å². The Morgan fingerprint density at radius 1 is 1.58 bits per heavy atom. The summed E-state index contributed by atoms with van der Waals surface area (Å²) in [6.07, 6.45) is 1.61. The van der Waals surface area contributed by atoms with E-state index in [9.17, 15) is 0 Å². The maximum Gasteiger partial charge on any atom is 0.0837 e. The first-order valence-corrected chi connectivity index (χ1v) is 8.23. The Morgan fingerprint density at radius 2 is 2.32 bits per heavy atom. The summed E-state index contributed by atoms with van der Waals surface area (Å²) in [6, 6.07) is 1.66. The third-order valence-electron chi connectivity index (χ3n) is 2.65. The minimum atomic E-state index is -0.330. The molecule has 0 amide bonds. The molecule has 0 fully saturated rings. The van der Waals surface area contributed by atoms with Crippen molar-refractivity contribution in [2.75, 3.05) is 13.7 Å². The predicted molar refractivity (Wildman–Crippen MR) is 84.9 cm³/mol. The molecule has 4 nitrogen and oxygen atoms in total. The number of rotatable bonds is 5. The first-order chi connectivity index (χ1) is 9.04. The van der Waals surface area contributed by atoms with Gasteiger partial charge in [-0.2, -0.15) is 5.10 Å². The number of ether oxygens (including phenoxy) is 1. The van der Waals surface area contributed by atoms with Crippen molar-refractivity contribution < 1.29 is 4.74 Å². The van der Waals surface area contributed by atoms with Gasteiger partial charge in [0.2, 0.25) is 0 Å². The SMILES string of the molecule is COCCn1ncc(Cl)c1C(N)c1cc(Br)sc1Br. The van der Waals surface area contributed by atoms with Gasteiger partial charge in [0.25, 0.3) is 0 Å². The highest BCUT2D eigenvalue weighted by Gasteiger charge is 2.22. The van der Waals surface area contributed by atoms with Crippen molar-refractivity contribution in [3.63, 3.8) is 0 Å². The van der Waals surface area contributed by atoms with Crippen molar-refractivity contribution in [3.8, 4) is 0 Å². The maximum absolute atomic E-state index is 6.32. The molecule has 2 heterocycles. The van der Waals surface area contributed by atoms with E-state index in [1.54, 1.807) is 29.3 Å². The van der Waals surface area contributed by atoms with Crippen LogP contribution in [-0.4, -0.2) is 23.5 Å². The number of hydrogen-bond donors (Lipinski definition) is 1. The quantitative estimate of drug-likeness (QED) is 0.786. The fourth-order valence-corrected chi connectivity index (χ4v) is 4.94. The lowest BCUT2D eigenvalue weighted by Crippen LogP contribution is -2.19. The Bertz CT molecular complexity index is 572. The zero-order valence-electron chi connectivity index (χ0n) is 10.1. The molecule has 0 saturated carbocycles. The molecule has 0 bridgehead atoms. The molecule has 0 radical (unpaired) electrons. The van der Waals surface area contributed by atoms with Gasteiger partial charge in [0, 0.05) is 12.7 Å². The van der Waals surface area contributed by atoms with E-state index in [2.05, 4.69) is 37.0 Å². The standard InChI is InChI=1S/C11H12Br2ClN3OS/c1-18-3-2-17-10(7(14)5-16-17)9(15)6-4-8(12)19-11(6)13/h4-5,9H,2-3,15H2,1H3. The van der Waals surface area contributed by atoms with Gasteiger partial charge in [-0.15, -0.1) is 11.3 Å². The number of hydrogen-bond acceptors (Lipinski definition) is 4. The van der Waals surface area contributed by atoms with E-state index in [0.29, 0.717) is 18.2 Å². The Hall–Kier alpha value is 0.0800. The molecular weight excluding hydrogens is 417 g/mol. The summed E-state index contributed by atoms with van der Waals surface area (Å²) in [5, 5.41) is 4.80. The Morgan fingerprint density at radius 3 is 2.89 bits per heavy atom. The van der Waals surface area contributed by atoms with Gasteiger partial charge in [-0.25, -0.2) is 0 Å². The van der Waals surface area contributed by atoms with E-state index >= 15 is 0 Å². The molecule has 2 rings (SSSR count). The van der Waals surface area contributed by atoms with Crippen LogP contribution in [0.3, 0.4) is 0 Å². The number of aromatic nitrogens is 2. The van der Waals surface area contributed by atoms with Crippen LogP contribution in [0.15, 0.2) is 19.8 Å². The van der Waals surface area contributed by atoms with Crippen LogP contribution in [-0.2, 0) is 11.3 Å².